The van der Waals surface area contributed by atoms with E-state index < -0.39 is 35.5 Å². The van der Waals surface area contributed by atoms with Crippen molar-refractivity contribution in [3.8, 4) is 0 Å². The second kappa shape index (κ2) is 12.0. The Kier molecular flexibility index (Phi) is 10.1. The molecule has 182 valence electrons. The molecule has 0 saturated carbocycles. The second-order valence-corrected chi connectivity index (χ2v) is 8.65. The molecule has 1 aliphatic rings. The minimum Gasteiger partial charge on any atom is -0.444 e. The second-order valence-electron chi connectivity index (χ2n) is 8.65. The van der Waals surface area contributed by atoms with Crippen LogP contribution in [0.5, 0.6) is 0 Å². The van der Waals surface area contributed by atoms with Gasteiger partial charge in [0, 0.05) is 26.2 Å². The molecule has 0 spiro atoms. The highest BCUT2D eigenvalue weighted by Crippen LogP contribution is 2.06. The molecule has 0 radical (unpaired) electrons. The molecular formula is C18H34N8O6. The molecule has 1 atom stereocenters. The number of ether oxygens (including phenoxy) is 2. The fourth-order valence-corrected chi connectivity index (χ4v) is 2.02. The fourth-order valence-electron chi connectivity index (χ4n) is 2.02. The molecule has 1 rings (SSSR count). The standard InChI is InChI=1S/C18H34N8O6/c1-17(2,3)31-15(29)21-9-7-19-13(27)11-23-25-12(26-24-11)14(28)20-8-10-22-16(30)32-18(4,5)6/h13,19,27H,7-10H2,1-6H3,(H,20,28)(H,21,29)(H,22,30)(H,23,24)(H,25,26). The van der Waals surface area contributed by atoms with Crippen molar-refractivity contribution >= 4 is 29.8 Å². The van der Waals surface area contributed by atoms with Crippen molar-refractivity contribution in [2.24, 2.45) is 10.2 Å². The number of hydrogen-bond donors (Lipinski definition) is 7. The van der Waals surface area contributed by atoms with Crippen LogP contribution in [0.1, 0.15) is 41.5 Å². The van der Waals surface area contributed by atoms with Crippen LogP contribution in [0.4, 0.5) is 9.59 Å². The predicted octanol–water partition coefficient (Wildman–Crippen LogP) is -1.12. The smallest absolute Gasteiger partial charge is 0.407 e. The van der Waals surface area contributed by atoms with Gasteiger partial charge in [0.05, 0.1) is 0 Å². The van der Waals surface area contributed by atoms with E-state index in [4.69, 9.17) is 9.47 Å². The van der Waals surface area contributed by atoms with Crippen LogP contribution >= 0.6 is 0 Å². The average molecular weight is 459 g/mol. The van der Waals surface area contributed by atoms with Crippen molar-refractivity contribution in [1.82, 2.24) is 32.1 Å². The lowest BCUT2D eigenvalue weighted by atomic mass is 10.2. The molecule has 0 aromatic heterocycles. The van der Waals surface area contributed by atoms with Gasteiger partial charge in [0.25, 0.3) is 5.91 Å². The van der Waals surface area contributed by atoms with Crippen LogP contribution in [0.3, 0.4) is 0 Å². The van der Waals surface area contributed by atoms with Crippen molar-refractivity contribution in [3.05, 3.63) is 0 Å². The molecule has 0 fully saturated rings. The van der Waals surface area contributed by atoms with Crippen molar-refractivity contribution in [1.29, 1.82) is 0 Å². The minimum atomic E-state index is -1.21. The van der Waals surface area contributed by atoms with Crippen LogP contribution in [0.25, 0.3) is 0 Å². The van der Waals surface area contributed by atoms with E-state index in [9.17, 15) is 19.5 Å². The van der Waals surface area contributed by atoms with Crippen molar-refractivity contribution in [3.63, 3.8) is 0 Å². The highest BCUT2D eigenvalue weighted by atomic mass is 16.6. The quantitative estimate of drug-likeness (QED) is 0.166. The minimum absolute atomic E-state index is 0.0328. The number of aliphatic hydroxyl groups excluding tert-OH is 1. The summed E-state index contributed by atoms with van der Waals surface area (Å²) in [5.41, 5.74) is 3.69. The zero-order valence-electron chi connectivity index (χ0n) is 19.3. The number of aliphatic hydroxyl groups is 1. The molecule has 1 unspecified atom stereocenters. The summed E-state index contributed by atoms with van der Waals surface area (Å²) in [6, 6.07) is 0. The third kappa shape index (κ3) is 11.9. The lowest BCUT2D eigenvalue weighted by molar-refractivity contribution is -0.115. The number of alkyl carbamates (subject to hydrolysis) is 2. The Labute approximate surface area is 186 Å². The van der Waals surface area contributed by atoms with E-state index in [2.05, 4.69) is 42.3 Å². The molecule has 32 heavy (non-hydrogen) atoms. The normalized spacial score (nSPS) is 14.6. The summed E-state index contributed by atoms with van der Waals surface area (Å²) in [7, 11) is 0. The molecule has 1 heterocycles. The van der Waals surface area contributed by atoms with Gasteiger partial charge in [-0.05, 0) is 41.5 Å². The first-order valence-corrected chi connectivity index (χ1v) is 10.1. The molecule has 0 bridgehead atoms. The summed E-state index contributed by atoms with van der Waals surface area (Å²) in [5, 5.41) is 28.0. The van der Waals surface area contributed by atoms with Crippen molar-refractivity contribution in [2.75, 3.05) is 26.2 Å². The number of nitrogens with zero attached hydrogens (tertiary/aromatic N) is 2. The van der Waals surface area contributed by atoms with Gasteiger partial charge in [0.15, 0.2) is 12.1 Å². The van der Waals surface area contributed by atoms with Crippen LogP contribution in [0.15, 0.2) is 10.2 Å². The van der Waals surface area contributed by atoms with E-state index in [1.54, 1.807) is 41.5 Å². The Morgan fingerprint density at radius 3 is 1.81 bits per heavy atom. The number of amides is 3. The Bertz CT molecular complexity index is 726. The first-order valence-electron chi connectivity index (χ1n) is 10.1. The number of rotatable bonds is 9. The van der Waals surface area contributed by atoms with E-state index in [1.807, 2.05) is 0 Å². The van der Waals surface area contributed by atoms with Gasteiger partial charge in [-0.3, -0.25) is 21.0 Å². The summed E-state index contributed by atoms with van der Waals surface area (Å²) >= 11 is 0. The molecular weight excluding hydrogens is 424 g/mol. The van der Waals surface area contributed by atoms with Gasteiger partial charge in [0.1, 0.15) is 11.2 Å². The highest BCUT2D eigenvalue weighted by molar-refractivity contribution is 6.38. The lowest BCUT2D eigenvalue weighted by Gasteiger charge is -2.21. The number of amidine groups is 2. The molecule has 7 N–H and O–H groups in total. The van der Waals surface area contributed by atoms with E-state index in [0.717, 1.165) is 0 Å². The fraction of sp³-hybridized carbons (Fsp3) is 0.722. The SMILES string of the molecule is CC(C)(C)OC(=O)NCCNC(=O)C1=NNC(C(O)NCCNC(=O)OC(C)(C)C)=NN1. The summed E-state index contributed by atoms with van der Waals surface area (Å²) < 4.78 is 10.2. The number of nitrogens with one attached hydrogen (secondary N) is 6. The van der Waals surface area contributed by atoms with Crippen LogP contribution in [-0.4, -0.2) is 78.5 Å². The molecule has 0 aromatic rings. The molecule has 0 saturated heterocycles. The van der Waals surface area contributed by atoms with Gasteiger partial charge in [-0.2, -0.15) is 5.10 Å². The Morgan fingerprint density at radius 1 is 0.844 bits per heavy atom. The van der Waals surface area contributed by atoms with Crippen molar-refractivity contribution in [2.45, 2.75) is 59.0 Å². The Morgan fingerprint density at radius 2 is 1.34 bits per heavy atom. The third-order valence-electron chi connectivity index (χ3n) is 3.25. The maximum absolute atomic E-state index is 12.0. The number of hydrogen-bond acceptors (Lipinski definition) is 11. The number of hydrazone groups is 2. The zero-order valence-corrected chi connectivity index (χ0v) is 19.3. The first-order chi connectivity index (χ1) is 14.8. The molecule has 3 amide bonds. The van der Waals surface area contributed by atoms with Gasteiger partial charge in [-0.1, -0.05) is 0 Å². The summed E-state index contributed by atoms with van der Waals surface area (Å²) in [4.78, 5) is 35.1. The Balaban J connectivity index is 2.24. The third-order valence-corrected chi connectivity index (χ3v) is 3.25. The molecule has 0 aromatic carbocycles. The number of carbonyl (C=O) groups is 3. The molecule has 14 nitrogen and oxygen atoms in total. The van der Waals surface area contributed by atoms with E-state index in [0.29, 0.717) is 0 Å². The molecule has 14 heteroatoms. The maximum Gasteiger partial charge on any atom is 0.407 e. The number of carbonyl (C=O) groups excluding carboxylic acids is 3. The Hall–Kier alpha value is -3.13. The average Bonchev–Trinajstić information content (AvgIpc) is 2.65. The van der Waals surface area contributed by atoms with Crippen LogP contribution in [0.2, 0.25) is 0 Å². The predicted molar refractivity (Wildman–Crippen MR) is 117 cm³/mol. The molecule has 0 aliphatic carbocycles. The van der Waals surface area contributed by atoms with Crippen LogP contribution in [0, 0.1) is 0 Å². The van der Waals surface area contributed by atoms with Gasteiger partial charge in [-0.25, -0.2) is 9.59 Å². The lowest BCUT2D eigenvalue weighted by Crippen LogP contribution is -2.51. The highest BCUT2D eigenvalue weighted by Gasteiger charge is 2.20. The molecule has 1 aliphatic heterocycles. The maximum atomic E-state index is 12.0. The van der Waals surface area contributed by atoms with E-state index in [-0.39, 0.29) is 37.9 Å². The van der Waals surface area contributed by atoms with E-state index in [1.165, 1.54) is 0 Å². The monoisotopic (exact) mass is 458 g/mol. The zero-order chi connectivity index (χ0) is 24.4. The van der Waals surface area contributed by atoms with Gasteiger partial charge < -0.3 is 30.5 Å². The largest absolute Gasteiger partial charge is 0.444 e. The van der Waals surface area contributed by atoms with Gasteiger partial charge >= 0.3 is 12.2 Å². The van der Waals surface area contributed by atoms with E-state index >= 15 is 0 Å². The van der Waals surface area contributed by atoms with Gasteiger partial charge in [0.2, 0.25) is 5.84 Å². The first kappa shape index (κ1) is 26.9. The topological polar surface area (TPSA) is 187 Å². The van der Waals surface area contributed by atoms with Gasteiger partial charge in [-0.15, -0.1) is 5.10 Å². The van der Waals surface area contributed by atoms with Crippen molar-refractivity contribution < 1.29 is 29.0 Å². The van der Waals surface area contributed by atoms with Crippen LogP contribution < -0.4 is 32.1 Å². The summed E-state index contributed by atoms with van der Waals surface area (Å²) in [5.74, 6) is -0.648. The summed E-state index contributed by atoms with van der Waals surface area (Å²) in [6.07, 6.45) is -2.36. The van der Waals surface area contributed by atoms with Crippen LogP contribution in [-0.2, 0) is 14.3 Å². The summed E-state index contributed by atoms with van der Waals surface area (Å²) in [6.45, 7) is 11.2.